The van der Waals surface area contributed by atoms with Gasteiger partial charge in [-0.15, -0.1) is 35.9 Å². The van der Waals surface area contributed by atoms with Gasteiger partial charge in [-0.3, -0.25) is 19.4 Å². The summed E-state index contributed by atoms with van der Waals surface area (Å²) in [4.78, 5) is 36.5. The van der Waals surface area contributed by atoms with Crippen molar-refractivity contribution in [1.82, 2.24) is 20.1 Å². The minimum absolute atomic E-state index is 0. The molecule has 10 aromatic rings. The van der Waals surface area contributed by atoms with Crippen molar-refractivity contribution in [2.45, 2.75) is 220 Å². The number of hydrogen-bond donors (Lipinski definition) is 7. The molecule has 1 aliphatic carbocycles. The fourth-order valence-electron chi connectivity index (χ4n) is 16.5. The fourth-order valence-corrected chi connectivity index (χ4v) is 16.5. The van der Waals surface area contributed by atoms with E-state index in [4.69, 9.17) is 5.11 Å². The zero-order chi connectivity index (χ0) is 84.8. The maximum absolute atomic E-state index is 11.6. The van der Waals surface area contributed by atoms with Gasteiger partial charge in [0.15, 0.2) is 5.78 Å². The van der Waals surface area contributed by atoms with Crippen LogP contribution in [0.15, 0.2) is 230 Å². The number of rotatable bonds is 47. The molecule has 643 valence electrons. The number of pyridine rings is 1. The second kappa shape index (κ2) is 51.1. The Morgan fingerprint density at radius 2 is 0.958 bits per heavy atom. The van der Waals surface area contributed by atoms with Crippen molar-refractivity contribution < 1.29 is 60.3 Å². The molecule has 1 heterocycles. The summed E-state index contributed by atoms with van der Waals surface area (Å²) in [5, 5.41) is 62.0. The van der Waals surface area contributed by atoms with Gasteiger partial charge in [0.2, 0.25) is 5.91 Å². The van der Waals surface area contributed by atoms with Crippen LogP contribution in [0.5, 0.6) is 0 Å². The van der Waals surface area contributed by atoms with Crippen molar-refractivity contribution in [2.24, 2.45) is 0 Å². The Hall–Kier alpha value is -8.96. The molecule has 9 aromatic carbocycles. The number of hydrogen-bond acceptors (Lipinski definition) is 13. The Bertz CT molecular complexity index is 4650. The zero-order valence-electron chi connectivity index (χ0n) is 72.8. The van der Waals surface area contributed by atoms with Gasteiger partial charge in [0, 0.05) is 117 Å². The number of carbonyl (C=O) groups excluding carboxylic acids is 2. The van der Waals surface area contributed by atoms with E-state index in [0.717, 1.165) is 148 Å². The quantitative estimate of drug-likeness (QED) is 0.00825. The summed E-state index contributed by atoms with van der Waals surface area (Å²) >= 11 is 0. The number of aliphatic hydroxyl groups is 6. The van der Waals surface area contributed by atoms with Crippen molar-refractivity contribution in [1.29, 1.82) is 0 Å². The van der Waals surface area contributed by atoms with E-state index in [2.05, 4.69) is 234 Å². The van der Waals surface area contributed by atoms with E-state index < -0.39 is 5.60 Å². The number of unbranched alkanes of at least 4 members (excludes halogenated alkanes) is 10. The van der Waals surface area contributed by atoms with Gasteiger partial charge in [0.1, 0.15) is 0 Å². The molecule has 120 heavy (non-hydrogen) atoms. The van der Waals surface area contributed by atoms with Gasteiger partial charge in [-0.1, -0.05) is 192 Å². The standard InChI is InChI=1S/C75H98N4O4.C15H27NO4.C15H10N.Ir/c1-5-7-19-61-24-33-66(34-25-61)78(65-31-21-59(3)22-32-65)69-39-41-70(42-40-69)79(67-35-26-62(27-36-67)20-8-6-2)68-37-28-63(29-38-68)64-30-44-72-71-43-23-60(4)57-73(71)75(74(72)58-64,46-16-12-14-18-48-77(51-55-82)52-56-83)45-15-11-9-10-13-17-47-76(49-53-80)50-54-81;1-11(6-5-9-15(3,4)20)16-14(19)8-7-13(18)10-12(2)17;1-2-7-13(8-3-1)15-14-9-5-4-6-12(14)10-11-16-15;/h21-44,57-58,80-83H,5-20,45-56H2,1-4H3;10-11,17,20H,5-9H2,1-4H3,(H,16,19);1-7,9-11H;/q;;-1;. The SMILES string of the molecule is CC(O)=CC(=O)CCC(=O)NC(C)CCCC(C)(C)O.CCCCc1ccc(N(c2ccc(C)cc2)c2ccc(N(c3ccc(CCCC)cc3)c3ccc(-c4ccc5c(c4)C(CCCCCCCCN(CCO)CCO)(CCCCCCN(CCO)CCO)c4cc(C)ccc4-5)cc3)cc2)cc1.[Ir].[c-]1ccccc1-c1nccc2ccccc12. The third-order valence-electron chi connectivity index (χ3n) is 22.9. The molecule has 0 saturated heterocycles. The van der Waals surface area contributed by atoms with E-state index in [-0.39, 0.29) is 88.3 Å². The number of nitrogens with zero attached hydrogens (tertiary/aromatic N) is 5. The molecule has 1 amide bonds. The number of anilines is 6. The van der Waals surface area contributed by atoms with E-state index in [1.54, 1.807) is 13.8 Å². The predicted octanol–water partition coefficient (Wildman–Crippen LogP) is 23.1. The minimum atomic E-state index is -0.676. The zero-order valence-corrected chi connectivity index (χ0v) is 75.2. The average Bonchev–Trinajstić information content (AvgIpc) is 1.56. The number of aliphatic hydroxyl groups excluding tert-OH is 5. The van der Waals surface area contributed by atoms with Gasteiger partial charge in [0.25, 0.3) is 0 Å². The number of aryl methyl sites for hydroxylation is 4. The van der Waals surface area contributed by atoms with Crippen LogP contribution in [-0.2, 0) is 48.0 Å². The Kier molecular flexibility index (Phi) is 41.1. The minimum Gasteiger partial charge on any atom is -0.512 e. The second-order valence-electron chi connectivity index (χ2n) is 33.2. The van der Waals surface area contributed by atoms with Gasteiger partial charge < -0.3 is 50.7 Å². The van der Waals surface area contributed by atoms with Gasteiger partial charge in [-0.2, -0.15) is 0 Å². The van der Waals surface area contributed by atoms with Crippen LogP contribution < -0.4 is 15.1 Å². The average molecular weight is 1800 g/mol. The predicted molar refractivity (Wildman–Crippen MR) is 495 cm³/mol. The number of benzene rings is 9. The van der Waals surface area contributed by atoms with Crippen LogP contribution in [0.25, 0.3) is 44.3 Å². The van der Waals surface area contributed by atoms with E-state index in [1.165, 1.54) is 118 Å². The number of carbonyl (C=O) groups is 2. The number of fused-ring (bicyclic) bond motifs is 4. The van der Waals surface area contributed by atoms with Gasteiger partial charge >= 0.3 is 0 Å². The van der Waals surface area contributed by atoms with E-state index in [1.807, 2.05) is 55.6 Å². The van der Waals surface area contributed by atoms with Gasteiger partial charge in [0.05, 0.1) is 37.8 Å². The molecule has 2 atom stereocenters. The topological polar surface area (TPSA) is 193 Å². The van der Waals surface area contributed by atoms with Crippen LogP contribution in [0.4, 0.5) is 34.1 Å². The van der Waals surface area contributed by atoms with Crippen LogP contribution in [-0.4, -0.2) is 134 Å². The molecular formula is C105H135IrN6O8-. The summed E-state index contributed by atoms with van der Waals surface area (Å²) in [6.07, 6.45) is 26.1. The second-order valence-corrected chi connectivity index (χ2v) is 33.2. The summed E-state index contributed by atoms with van der Waals surface area (Å²) in [5.41, 5.74) is 21.5. The summed E-state index contributed by atoms with van der Waals surface area (Å²) in [7, 11) is 0. The normalized spacial score (nSPS) is 13.2. The molecule has 1 aromatic heterocycles. The van der Waals surface area contributed by atoms with Gasteiger partial charge in [-0.05, 0) is 271 Å². The van der Waals surface area contributed by atoms with Crippen LogP contribution in [0, 0.1) is 19.9 Å². The Morgan fingerprint density at radius 3 is 1.45 bits per heavy atom. The van der Waals surface area contributed by atoms with E-state index >= 15 is 0 Å². The molecule has 0 spiro atoms. The van der Waals surface area contributed by atoms with E-state index in [9.17, 15) is 35.1 Å². The molecule has 0 aliphatic heterocycles. The first-order valence-electron chi connectivity index (χ1n) is 44.2. The molecule has 1 radical (unpaired) electrons. The monoisotopic (exact) mass is 1800 g/mol. The first-order chi connectivity index (χ1) is 57.8. The van der Waals surface area contributed by atoms with Crippen molar-refractivity contribution in [3.63, 3.8) is 0 Å². The smallest absolute Gasteiger partial charge is 0.220 e. The molecule has 0 saturated carbocycles. The molecule has 0 bridgehead atoms. The van der Waals surface area contributed by atoms with Crippen LogP contribution in [0.1, 0.15) is 210 Å². The number of nitrogens with one attached hydrogen (secondary N) is 1. The third-order valence-corrected chi connectivity index (χ3v) is 22.9. The fraction of sp³-hybridized carbons (Fsp3) is 0.419. The molecule has 1 aliphatic rings. The first-order valence-corrected chi connectivity index (χ1v) is 44.2. The molecule has 11 rings (SSSR count). The van der Waals surface area contributed by atoms with Gasteiger partial charge in [-0.25, -0.2) is 0 Å². The molecule has 7 N–H and O–H groups in total. The Balaban J connectivity index is 0.000000394. The molecule has 14 nitrogen and oxygen atoms in total. The molecule has 2 unspecified atom stereocenters. The first kappa shape index (κ1) is 96.5. The maximum Gasteiger partial charge on any atom is 0.220 e. The van der Waals surface area contributed by atoms with Crippen LogP contribution >= 0.6 is 0 Å². The van der Waals surface area contributed by atoms with E-state index in [0.29, 0.717) is 32.6 Å². The summed E-state index contributed by atoms with van der Waals surface area (Å²) in [6.45, 7) is 20.5. The Morgan fingerprint density at radius 1 is 0.508 bits per heavy atom. The summed E-state index contributed by atoms with van der Waals surface area (Å²) in [6, 6.07) is 81.6. The molecular weight excluding hydrogens is 1670 g/mol. The van der Waals surface area contributed by atoms with Crippen molar-refractivity contribution in [2.75, 3.05) is 75.5 Å². The number of allylic oxidation sites excluding steroid dienone is 2. The van der Waals surface area contributed by atoms with Crippen molar-refractivity contribution in [3.05, 3.63) is 270 Å². The van der Waals surface area contributed by atoms with Crippen LogP contribution in [0.3, 0.4) is 0 Å². The Labute approximate surface area is 731 Å². The van der Waals surface area contributed by atoms with Crippen molar-refractivity contribution in [3.8, 4) is 33.5 Å². The number of ketones is 1. The summed E-state index contributed by atoms with van der Waals surface area (Å²) in [5.74, 6) is -0.469. The third kappa shape index (κ3) is 30.0. The largest absolute Gasteiger partial charge is 0.512 e. The number of aromatic nitrogens is 1. The maximum atomic E-state index is 11.6. The molecule has 0 fully saturated rings. The summed E-state index contributed by atoms with van der Waals surface area (Å²) < 4.78 is 0. The van der Waals surface area contributed by atoms with Crippen LogP contribution in [0.2, 0.25) is 0 Å². The van der Waals surface area contributed by atoms with Crippen molar-refractivity contribution >= 4 is 56.6 Å². The number of amides is 1. The molecule has 15 heteroatoms.